The van der Waals surface area contributed by atoms with Gasteiger partial charge in [0.1, 0.15) is 0 Å². The van der Waals surface area contributed by atoms with Gasteiger partial charge in [0.25, 0.3) is 0 Å². The highest BCUT2D eigenvalue weighted by Crippen LogP contribution is 2.40. The van der Waals surface area contributed by atoms with Crippen LogP contribution in [-0.4, -0.2) is 23.4 Å². The molecule has 2 nitrogen and oxygen atoms in total. The molecule has 0 heterocycles. The lowest BCUT2D eigenvalue weighted by atomic mass is 10.2. The summed E-state index contributed by atoms with van der Waals surface area (Å²) in [5.41, 5.74) is 2.39. The van der Waals surface area contributed by atoms with Gasteiger partial charge >= 0.3 is 0 Å². The van der Waals surface area contributed by atoms with Crippen LogP contribution in [0.1, 0.15) is 11.1 Å². The van der Waals surface area contributed by atoms with E-state index in [-0.39, 0.29) is 13.2 Å². The van der Waals surface area contributed by atoms with Crippen LogP contribution in [0.4, 0.5) is 0 Å². The lowest BCUT2D eigenvalue weighted by Crippen LogP contribution is -1.87. The minimum Gasteiger partial charge on any atom is -0.394 e. The van der Waals surface area contributed by atoms with Crippen LogP contribution in [0.2, 0.25) is 0 Å². The first kappa shape index (κ1) is 17.1. The van der Waals surface area contributed by atoms with Gasteiger partial charge in [-0.1, -0.05) is 0 Å². The van der Waals surface area contributed by atoms with E-state index in [2.05, 4.69) is 77.6 Å². The molecule has 0 saturated heterocycles. The van der Waals surface area contributed by atoms with Crippen LogP contribution in [0.3, 0.4) is 0 Å². The van der Waals surface area contributed by atoms with E-state index in [1.807, 2.05) is 0 Å². The molecule has 92 valence electrons. The van der Waals surface area contributed by atoms with Crippen molar-refractivity contribution in [1.29, 1.82) is 0 Å². The van der Waals surface area contributed by atoms with E-state index in [0.717, 1.165) is 17.9 Å². The van der Waals surface area contributed by atoms with Crippen molar-refractivity contribution in [3.05, 3.63) is 29.0 Å². The van der Waals surface area contributed by atoms with Gasteiger partial charge in [0.05, 0.1) is 13.2 Å². The van der Waals surface area contributed by atoms with Crippen LogP contribution < -0.4 is 0 Å². The highest BCUT2D eigenvalue weighted by atomic mass is 79.9. The number of aliphatic hydroxyl groups is 2. The number of halogens is 4. The van der Waals surface area contributed by atoms with Gasteiger partial charge in [0.2, 0.25) is 0 Å². The van der Waals surface area contributed by atoms with Crippen molar-refractivity contribution >= 4 is 63.7 Å². The second-order valence-electron chi connectivity index (χ2n) is 2.95. The molecule has 2 N–H and O–H groups in total. The Morgan fingerprint density at radius 2 is 0.875 bits per heavy atom. The van der Waals surface area contributed by atoms with Crippen LogP contribution >= 0.6 is 63.7 Å². The van der Waals surface area contributed by atoms with Crippen LogP contribution in [0.5, 0.6) is 0 Å². The number of hydrogen-bond donors (Lipinski definition) is 2. The van der Waals surface area contributed by atoms with Gasteiger partial charge in [-0.3, -0.25) is 0 Å². The van der Waals surface area contributed by atoms with Gasteiger partial charge in [-0.15, -0.1) is 0 Å². The molecule has 0 unspecified atom stereocenters. The molecular weight excluding hydrogens is 472 g/mol. The highest BCUT2D eigenvalue weighted by Gasteiger charge is 2.12. The van der Waals surface area contributed by atoms with Crippen LogP contribution in [0.25, 0.3) is 0 Å². The number of hydrogen-bond acceptors (Lipinski definition) is 2. The zero-order valence-electron chi connectivity index (χ0n) is 8.82. The van der Waals surface area contributed by atoms with E-state index in [0.29, 0.717) is 0 Å². The quantitative estimate of drug-likeness (QED) is 0.584. The molecule has 0 saturated carbocycles. The van der Waals surface area contributed by atoms with Crippen molar-refractivity contribution in [2.24, 2.45) is 0 Å². The molecule has 0 amide bonds. The largest absolute Gasteiger partial charge is 0.394 e. The summed E-state index contributed by atoms with van der Waals surface area (Å²) in [6.07, 6.45) is 0. The van der Waals surface area contributed by atoms with E-state index < -0.39 is 0 Å². The first-order chi connectivity index (χ1) is 7.38. The Morgan fingerprint density at radius 3 is 1.00 bits per heavy atom. The van der Waals surface area contributed by atoms with Gasteiger partial charge in [-0.05, 0) is 88.7 Å². The molecule has 1 aromatic rings. The molecule has 6 heteroatoms. The average molecular weight is 484 g/mol. The van der Waals surface area contributed by atoms with Crippen molar-refractivity contribution in [3.8, 4) is 0 Å². The summed E-state index contributed by atoms with van der Waals surface area (Å²) in [7, 11) is 0. The first-order valence-electron chi connectivity index (χ1n) is 4.39. The van der Waals surface area contributed by atoms with E-state index in [9.17, 15) is 0 Å². The minimum atomic E-state index is -0.125. The van der Waals surface area contributed by atoms with Crippen molar-refractivity contribution in [1.82, 2.24) is 0 Å². The number of aliphatic hydroxyl groups excluding tert-OH is 2. The molecule has 0 atom stereocenters. The maximum atomic E-state index is 7.62. The summed E-state index contributed by atoms with van der Waals surface area (Å²) in [5.74, 6) is 0. The summed E-state index contributed by atoms with van der Waals surface area (Å²) >= 11 is 14.1. The average Bonchev–Trinajstić information content (AvgIpc) is 2.31. The Balaban J connectivity index is 0.000000487. The Kier molecular flexibility index (Phi) is 8.76. The Hall–Kier alpha value is 1.06. The standard InChI is InChI=1S/C8H6Br4.C2H6O2/c1-3-5(9)7(11)4(2)8(12)6(3)10;3-1-2-4/h1-2H3;3-4H,1-2H2. The molecule has 0 fully saturated rings. The molecule has 0 aliphatic carbocycles. The topological polar surface area (TPSA) is 40.5 Å². The predicted molar refractivity (Wildman–Crippen MR) is 80.9 cm³/mol. The zero-order chi connectivity index (χ0) is 12.9. The maximum Gasteiger partial charge on any atom is 0.0662 e. The second kappa shape index (κ2) is 8.21. The van der Waals surface area contributed by atoms with E-state index in [1.54, 1.807) is 0 Å². The molecule has 1 rings (SSSR count). The Morgan fingerprint density at radius 1 is 0.688 bits per heavy atom. The lowest BCUT2D eigenvalue weighted by molar-refractivity contribution is 0.186. The second-order valence-corrected chi connectivity index (χ2v) is 6.13. The molecular formula is C10H12Br4O2. The molecule has 0 aromatic heterocycles. The zero-order valence-corrected chi connectivity index (χ0v) is 15.2. The van der Waals surface area contributed by atoms with Crippen LogP contribution in [0.15, 0.2) is 17.9 Å². The summed E-state index contributed by atoms with van der Waals surface area (Å²) in [6.45, 7) is 3.87. The molecule has 0 aliphatic heterocycles. The van der Waals surface area contributed by atoms with Crippen molar-refractivity contribution in [2.75, 3.05) is 13.2 Å². The molecule has 16 heavy (non-hydrogen) atoms. The lowest BCUT2D eigenvalue weighted by Gasteiger charge is -2.10. The summed E-state index contributed by atoms with van der Waals surface area (Å²) < 4.78 is 4.43. The van der Waals surface area contributed by atoms with E-state index in [4.69, 9.17) is 10.2 Å². The third-order valence-electron chi connectivity index (χ3n) is 1.80. The van der Waals surface area contributed by atoms with Gasteiger partial charge < -0.3 is 10.2 Å². The monoisotopic (exact) mass is 480 g/mol. The molecule has 1 aromatic carbocycles. The molecule has 0 bridgehead atoms. The molecule has 0 radical (unpaired) electrons. The third-order valence-corrected chi connectivity index (χ3v) is 6.83. The smallest absolute Gasteiger partial charge is 0.0662 e. The molecule has 0 spiro atoms. The fraction of sp³-hybridized carbons (Fsp3) is 0.400. The number of benzene rings is 1. The fourth-order valence-corrected chi connectivity index (χ4v) is 3.37. The Labute approximate surface area is 129 Å². The van der Waals surface area contributed by atoms with Gasteiger partial charge in [-0.2, -0.15) is 0 Å². The SMILES string of the molecule is Cc1c(Br)c(Br)c(C)c(Br)c1Br.OCCO. The predicted octanol–water partition coefficient (Wildman–Crippen LogP) is 4.32. The van der Waals surface area contributed by atoms with Gasteiger partial charge in [0, 0.05) is 17.9 Å². The molecule has 0 aliphatic rings. The van der Waals surface area contributed by atoms with Crippen molar-refractivity contribution in [3.63, 3.8) is 0 Å². The summed E-state index contributed by atoms with van der Waals surface area (Å²) in [6, 6.07) is 0. The van der Waals surface area contributed by atoms with Crippen molar-refractivity contribution in [2.45, 2.75) is 13.8 Å². The van der Waals surface area contributed by atoms with Gasteiger partial charge in [-0.25, -0.2) is 0 Å². The van der Waals surface area contributed by atoms with E-state index >= 15 is 0 Å². The summed E-state index contributed by atoms with van der Waals surface area (Å²) in [5, 5.41) is 15.2. The maximum absolute atomic E-state index is 7.62. The first-order valence-corrected chi connectivity index (χ1v) is 7.56. The third kappa shape index (κ3) is 4.38. The highest BCUT2D eigenvalue weighted by molar-refractivity contribution is 9.14. The van der Waals surface area contributed by atoms with Crippen LogP contribution in [0, 0.1) is 13.8 Å². The fourth-order valence-electron chi connectivity index (χ4n) is 0.851. The van der Waals surface area contributed by atoms with Gasteiger partial charge in [0.15, 0.2) is 0 Å². The Bertz CT molecular complexity index is 259. The van der Waals surface area contributed by atoms with Crippen LogP contribution in [-0.2, 0) is 0 Å². The summed E-state index contributed by atoms with van der Waals surface area (Å²) in [4.78, 5) is 0. The van der Waals surface area contributed by atoms with Crippen molar-refractivity contribution < 1.29 is 10.2 Å². The number of rotatable bonds is 1. The van der Waals surface area contributed by atoms with E-state index in [1.165, 1.54) is 11.1 Å². The normalized spacial score (nSPS) is 9.75. The minimum absolute atomic E-state index is 0.125.